The Bertz CT molecular complexity index is 1130. The predicted octanol–water partition coefficient (Wildman–Crippen LogP) is 5.15. The maximum Gasteiger partial charge on any atom is 0.411 e. The van der Waals surface area contributed by atoms with Gasteiger partial charge in [0.2, 0.25) is 0 Å². The molecule has 1 saturated heterocycles. The average Bonchev–Trinajstić information content (AvgIpc) is 3.33. The molecule has 3 atom stereocenters. The quantitative estimate of drug-likeness (QED) is 0.320. The van der Waals surface area contributed by atoms with Gasteiger partial charge in [0.1, 0.15) is 17.2 Å². The van der Waals surface area contributed by atoms with E-state index in [-0.39, 0.29) is 13.2 Å². The van der Waals surface area contributed by atoms with Crippen LogP contribution in [-0.2, 0) is 24.6 Å². The van der Waals surface area contributed by atoms with Crippen molar-refractivity contribution in [3.63, 3.8) is 0 Å². The molecule has 39 heavy (non-hydrogen) atoms. The van der Waals surface area contributed by atoms with Crippen LogP contribution < -0.4 is 0 Å². The third-order valence-corrected chi connectivity index (χ3v) is 7.03. The number of hydrogen-bond acceptors (Lipinski definition) is 6. The molecule has 1 aliphatic rings. The van der Waals surface area contributed by atoms with Gasteiger partial charge in [0, 0.05) is 12.5 Å². The first kappa shape index (κ1) is 28.3. The number of aliphatic hydroxyl groups excluding tert-OH is 1. The summed E-state index contributed by atoms with van der Waals surface area (Å²) in [6.07, 6.45) is -0.295. The van der Waals surface area contributed by atoms with Crippen LogP contribution in [0, 0.1) is 5.92 Å². The van der Waals surface area contributed by atoms with Gasteiger partial charge in [-0.1, -0.05) is 91.0 Å². The highest BCUT2D eigenvalue weighted by Gasteiger charge is 2.50. The van der Waals surface area contributed by atoms with Crippen LogP contribution in [0.2, 0.25) is 0 Å². The maximum absolute atomic E-state index is 13.5. The second kappa shape index (κ2) is 12.0. The topological polar surface area (TPSA) is 85.3 Å². The van der Waals surface area contributed by atoms with Gasteiger partial charge in [-0.05, 0) is 43.9 Å². The molecule has 3 aromatic carbocycles. The minimum absolute atomic E-state index is 0.0852. The Morgan fingerprint density at radius 1 is 0.846 bits per heavy atom. The molecule has 0 unspecified atom stereocenters. The van der Waals surface area contributed by atoms with Crippen molar-refractivity contribution in [3.8, 4) is 0 Å². The number of nitrogens with zero attached hydrogens (tertiary/aromatic N) is 1. The lowest BCUT2D eigenvalue weighted by Gasteiger charge is -2.38. The van der Waals surface area contributed by atoms with Crippen molar-refractivity contribution in [3.05, 3.63) is 108 Å². The van der Waals surface area contributed by atoms with Crippen molar-refractivity contribution >= 4 is 12.1 Å². The number of benzene rings is 3. The number of rotatable bonds is 8. The zero-order valence-electron chi connectivity index (χ0n) is 22.9. The number of likely N-dealkylation sites (tertiary alicyclic amines) is 1. The lowest BCUT2D eigenvalue weighted by atomic mass is 9.80. The second-order valence-corrected chi connectivity index (χ2v) is 10.8. The summed E-state index contributed by atoms with van der Waals surface area (Å²) in [7, 11) is 1.28. The minimum Gasteiger partial charge on any atom is -0.467 e. The van der Waals surface area contributed by atoms with E-state index in [2.05, 4.69) is 0 Å². The standard InChI is InChI=1S/C32H37NO6/c1-31(2,3)39-30(36)33-27(20-23(21-34)28(33)29(35)37-4)22-38-32(24-14-8-5-9-15-24,25-16-10-6-11-17-25)26-18-12-7-13-19-26/h5-19,23,27-28,34H,20-22H2,1-4H3/t23-,27+,28+/m0/s1. The number of carbonyl (C=O) groups is 2. The van der Waals surface area contributed by atoms with Crippen molar-refractivity contribution in [2.24, 2.45) is 5.92 Å². The molecule has 0 aromatic heterocycles. The zero-order chi connectivity index (χ0) is 28.0. The third kappa shape index (κ3) is 6.00. The molecule has 1 heterocycles. The summed E-state index contributed by atoms with van der Waals surface area (Å²) in [5.74, 6) is -1.11. The number of hydrogen-bond donors (Lipinski definition) is 1. The van der Waals surface area contributed by atoms with Gasteiger partial charge in [0.05, 0.1) is 19.8 Å². The van der Waals surface area contributed by atoms with Gasteiger partial charge in [-0.3, -0.25) is 4.90 Å². The summed E-state index contributed by atoms with van der Waals surface area (Å²) in [5, 5.41) is 10.2. The Balaban J connectivity index is 1.79. The van der Waals surface area contributed by atoms with Crippen molar-refractivity contribution in [1.82, 2.24) is 4.90 Å². The Labute approximate surface area is 230 Å². The van der Waals surface area contributed by atoms with Crippen molar-refractivity contribution in [1.29, 1.82) is 0 Å². The van der Waals surface area contributed by atoms with Crippen LogP contribution in [0.5, 0.6) is 0 Å². The van der Waals surface area contributed by atoms with E-state index in [1.165, 1.54) is 12.0 Å². The molecule has 7 nitrogen and oxygen atoms in total. The molecule has 0 spiro atoms. The highest BCUT2D eigenvalue weighted by molar-refractivity contribution is 5.83. The SMILES string of the molecule is COC(=O)[C@H]1[C@H](CO)C[C@H](COC(c2ccccc2)(c2ccccc2)c2ccccc2)N1C(=O)OC(C)(C)C. The van der Waals surface area contributed by atoms with E-state index >= 15 is 0 Å². The smallest absolute Gasteiger partial charge is 0.411 e. The fraction of sp³-hybridized carbons (Fsp3) is 0.375. The van der Waals surface area contributed by atoms with E-state index in [9.17, 15) is 14.7 Å². The first-order valence-corrected chi connectivity index (χ1v) is 13.2. The molecule has 1 N–H and O–H groups in total. The molecule has 0 aliphatic carbocycles. The van der Waals surface area contributed by atoms with E-state index in [0.29, 0.717) is 6.42 Å². The van der Waals surface area contributed by atoms with Crippen molar-refractivity contribution in [2.75, 3.05) is 20.3 Å². The predicted molar refractivity (Wildman–Crippen MR) is 148 cm³/mol. The van der Waals surface area contributed by atoms with Gasteiger partial charge in [-0.25, -0.2) is 9.59 Å². The Hall–Kier alpha value is -3.68. The molecule has 4 rings (SSSR count). The van der Waals surface area contributed by atoms with Crippen LogP contribution in [0.25, 0.3) is 0 Å². The Morgan fingerprint density at radius 2 is 1.31 bits per heavy atom. The lowest BCUT2D eigenvalue weighted by molar-refractivity contribution is -0.148. The third-order valence-electron chi connectivity index (χ3n) is 7.03. The Kier molecular flexibility index (Phi) is 8.73. The van der Waals surface area contributed by atoms with Crippen LogP contribution in [0.1, 0.15) is 43.9 Å². The summed E-state index contributed by atoms with van der Waals surface area (Å²) in [5.41, 5.74) is 0.997. The van der Waals surface area contributed by atoms with Crippen molar-refractivity contribution < 1.29 is 28.9 Å². The number of amides is 1. The monoisotopic (exact) mass is 531 g/mol. The van der Waals surface area contributed by atoms with Crippen molar-refractivity contribution in [2.45, 2.75) is 50.5 Å². The molecule has 0 radical (unpaired) electrons. The normalized spacial score (nSPS) is 19.5. The molecular weight excluding hydrogens is 494 g/mol. The van der Waals surface area contributed by atoms with E-state index in [0.717, 1.165) is 16.7 Å². The maximum atomic E-state index is 13.5. The van der Waals surface area contributed by atoms with Gasteiger partial charge < -0.3 is 19.3 Å². The highest BCUT2D eigenvalue weighted by atomic mass is 16.6. The molecule has 3 aromatic rings. The van der Waals surface area contributed by atoms with E-state index in [1.807, 2.05) is 91.0 Å². The summed E-state index contributed by atoms with van der Waals surface area (Å²) >= 11 is 0. The largest absolute Gasteiger partial charge is 0.467 e. The van der Waals surface area contributed by atoms with Gasteiger partial charge in [-0.15, -0.1) is 0 Å². The van der Waals surface area contributed by atoms with Crippen LogP contribution in [0.15, 0.2) is 91.0 Å². The molecule has 1 fully saturated rings. The van der Waals surface area contributed by atoms with Gasteiger partial charge in [0.15, 0.2) is 0 Å². The first-order chi connectivity index (χ1) is 18.7. The number of ether oxygens (including phenoxy) is 3. The molecular formula is C32H37NO6. The summed E-state index contributed by atoms with van der Waals surface area (Å²) in [4.78, 5) is 27.7. The molecule has 206 valence electrons. The average molecular weight is 532 g/mol. The zero-order valence-corrected chi connectivity index (χ0v) is 22.9. The van der Waals surface area contributed by atoms with Crippen LogP contribution >= 0.6 is 0 Å². The highest BCUT2D eigenvalue weighted by Crippen LogP contribution is 2.42. The molecule has 7 heteroatoms. The van der Waals surface area contributed by atoms with Gasteiger partial charge >= 0.3 is 12.1 Å². The molecule has 0 saturated carbocycles. The first-order valence-electron chi connectivity index (χ1n) is 13.2. The lowest BCUT2D eigenvalue weighted by Crippen LogP contribution is -2.51. The fourth-order valence-corrected chi connectivity index (χ4v) is 5.36. The number of esters is 1. The molecule has 1 amide bonds. The van der Waals surface area contributed by atoms with E-state index < -0.39 is 41.3 Å². The minimum atomic E-state index is -0.999. The second-order valence-electron chi connectivity index (χ2n) is 10.8. The summed E-state index contributed by atoms with van der Waals surface area (Å²) in [6, 6.07) is 28.3. The molecule has 0 bridgehead atoms. The van der Waals surface area contributed by atoms with E-state index in [1.54, 1.807) is 20.8 Å². The number of carbonyl (C=O) groups excluding carboxylic acids is 2. The van der Waals surface area contributed by atoms with Gasteiger partial charge in [-0.2, -0.15) is 0 Å². The summed E-state index contributed by atoms with van der Waals surface area (Å²) < 4.78 is 17.7. The van der Waals surface area contributed by atoms with Crippen LogP contribution in [-0.4, -0.2) is 60.1 Å². The summed E-state index contributed by atoms with van der Waals surface area (Å²) in [6.45, 7) is 5.12. The fourth-order valence-electron chi connectivity index (χ4n) is 5.36. The molecule has 1 aliphatic heterocycles. The van der Waals surface area contributed by atoms with Crippen LogP contribution in [0.4, 0.5) is 4.79 Å². The van der Waals surface area contributed by atoms with Crippen LogP contribution in [0.3, 0.4) is 0 Å². The van der Waals surface area contributed by atoms with Gasteiger partial charge in [0.25, 0.3) is 0 Å². The number of aliphatic hydroxyl groups is 1. The number of methoxy groups -OCH3 is 1. The van der Waals surface area contributed by atoms with E-state index in [4.69, 9.17) is 14.2 Å². The Morgan fingerprint density at radius 3 is 1.69 bits per heavy atom.